The van der Waals surface area contributed by atoms with Gasteiger partial charge in [0.1, 0.15) is 11.6 Å². The Hall–Kier alpha value is -1.13. The molecule has 0 aliphatic heterocycles. The van der Waals surface area contributed by atoms with Crippen LogP contribution in [0.4, 0.5) is 8.78 Å². The van der Waals surface area contributed by atoms with E-state index in [2.05, 4.69) is 15.9 Å². The summed E-state index contributed by atoms with van der Waals surface area (Å²) in [4.78, 5) is 0. The maximum absolute atomic E-state index is 13.9. The van der Waals surface area contributed by atoms with Gasteiger partial charge in [0.25, 0.3) is 0 Å². The Kier molecular flexibility index (Phi) is 3.35. The van der Waals surface area contributed by atoms with Gasteiger partial charge in [0.2, 0.25) is 0 Å². The lowest BCUT2D eigenvalue weighted by Gasteiger charge is -2.08. The van der Waals surface area contributed by atoms with E-state index in [4.69, 9.17) is 11.6 Å². The van der Waals surface area contributed by atoms with Crippen molar-refractivity contribution in [2.24, 2.45) is 0 Å². The van der Waals surface area contributed by atoms with Gasteiger partial charge in [-0.25, -0.2) is 8.78 Å². The Morgan fingerprint density at radius 3 is 2.35 bits per heavy atom. The van der Waals surface area contributed by atoms with Crippen LogP contribution < -0.4 is 0 Å². The molecule has 0 radical (unpaired) electrons. The van der Waals surface area contributed by atoms with Gasteiger partial charge in [-0.2, -0.15) is 0 Å². The molecule has 0 aliphatic carbocycles. The summed E-state index contributed by atoms with van der Waals surface area (Å²) in [5, 5.41) is 9.49. The van der Waals surface area contributed by atoms with Crippen LogP contribution in [0.3, 0.4) is 0 Å². The molecule has 0 amide bonds. The zero-order valence-electron chi connectivity index (χ0n) is 8.35. The number of aromatic hydroxyl groups is 1. The third kappa shape index (κ3) is 2.28. The molecule has 2 aromatic carbocycles. The molecule has 17 heavy (non-hydrogen) atoms. The summed E-state index contributed by atoms with van der Waals surface area (Å²) in [6.07, 6.45) is 0. The first-order valence-corrected chi connectivity index (χ1v) is 5.80. The van der Waals surface area contributed by atoms with Crippen molar-refractivity contribution < 1.29 is 13.9 Å². The third-order valence-electron chi connectivity index (χ3n) is 2.29. The van der Waals surface area contributed by atoms with Crippen LogP contribution in [0, 0.1) is 11.6 Å². The van der Waals surface area contributed by atoms with Gasteiger partial charge in [-0.1, -0.05) is 17.7 Å². The van der Waals surface area contributed by atoms with Crippen molar-refractivity contribution in [2.45, 2.75) is 0 Å². The molecule has 2 rings (SSSR count). The average Bonchev–Trinajstić information content (AvgIpc) is 2.28. The van der Waals surface area contributed by atoms with Crippen LogP contribution in [-0.4, -0.2) is 5.11 Å². The summed E-state index contributed by atoms with van der Waals surface area (Å²) in [6, 6.07) is 6.38. The number of benzene rings is 2. The molecule has 0 heterocycles. The van der Waals surface area contributed by atoms with Crippen LogP contribution in [0.5, 0.6) is 5.75 Å². The first-order chi connectivity index (χ1) is 8.00. The van der Waals surface area contributed by atoms with E-state index in [9.17, 15) is 13.9 Å². The Balaban J connectivity index is 2.65. The van der Waals surface area contributed by atoms with Crippen LogP contribution in [-0.2, 0) is 0 Å². The van der Waals surface area contributed by atoms with Crippen molar-refractivity contribution in [3.05, 3.63) is 51.5 Å². The van der Waals surface area contributed by atoms with Gasteiger partial charge >= 0.3 is 0 Å². The third-order valence-corrected chi connectivity index (χ3v) is 3.54. The topological polar surface area (TPSA) is 20.2 Å². The second kappa shape index (κ2) is 4.63. The fourth-order valence-corrected chi connectivity index (χ4v) is 1.94. The zero-order chi connectivity index (χ0) is 12.6. The van der Waals surface area contributed by atoms with Crippen molar-refractivity contribution in [2.75, 3.05) is 0 Å². The fourth-order valence-electron chi connectivity index (χ4n) is 1.47. The maximum atomic E-state index is 13.9. The second-order valence-corrected chi connectivity index (χ2v) is 4.62. The van der Waals surface area contributed by atoms with Crippen molar-refractivity contribution in [1.82, 2.24) is 0 Å². The minimum atomic E-state index is -0.664. The minimum absolute atomic E-state index is 0.0776. The van der Waals surface area contributed by atoms with Gasteiger partial charge in [0.05, 0.1) is 5.02 Å². The molecule has 0 aliphatic rings. The lowest BCUT2D eigenvalue weighted by atomic mass is 10.0. The lowest BCUT2D eigenvalue weighted by molar-refractivity contribution is 0.470. The normalized spacial score (nSPS) is 10.6. The highest BCUT2D eigenvalue weighted by Gasteiger charge is 2.14. The summed E-state index contributed by atoms with van der Waals surface area (Å²) in [5.74, 6) is -1.58. The molecule has 5 heteroatoms. The van der Waals surface area contributed by atoms with Crippen molar-refractivity contribution >= 4 is 27.5 Å². The number of halogens is 4. The molecule has 0 spiro atoms. The Bertz CT molecular complexity index is 587. The summed E-state index contributed by atoms with van der Waals surface area (Å²) in [7, 11) is 0. The van der Waals surface area contributed by atoms with Crippen molar-refractivity contribution in [1.29, 1.82) is 0 Å². The van der Waals surface area contributed by atoms with Crippen molar-refractivity contribution in [3.8, 4) is 16.9 Å². The van der Waals surface area contributed by atoms with Crippen LogP contribution in [0.1, 0.15) is 0 Å². The van der Waals surface area contributed by atoms with Gasteiger partial charge < -0.3 is 5.11 Å². The molecule has 2 aromatic rings. The van der Waals surface area contributed by atoms with E-state index in [1.807, 2.05) is 0 Å². The molecule has 0 aromatic heterocycles. The van der Waals surface area contributed by atoms with E-state index in [0.717, 1.165) is 12.1 Å². The van der Waals surface area contributed by atoms with Crippen molar-refractivity contribution in [3.63, 3.8) is 0 Å². The molecule has 0 fully saturated rings. The van der Waals surface area contributed by atoms with Gasteiger partial charge in [0, 0.05) is 21.7 Å². The molecule has 0 saturated carbocycles. The van der Waals surface area contributed by atoms with E-state index >= 15 is 0 Å². The Morgan fingerprint density at radius 1 is 1.06 bits per heavy atom. The molecular formula is C12H6BrClF2O. The van der Waals surface area contributed by atoms with Gasteiger partial charge in [-0.3, -0.25) is 0 Å². The highest BCUT2D eigenvalue weighted by molar-refractivity contribution is 9.10. The number of hydrogen-bond acceptors (Lipinski definition) is 1. The fraction of sp³-hybridized carbons (Fsp3) is 0. The average molecular weight is 320 g/mol. The Labute approximate surface area is 110 Å². The van der Waals surface area contributed by atoms with E-state index in [1.54, 1.807) is 6.07 Å². The summed E-state index contributed by atoms with van der Waals surface area (Å²) in [6.45, 7) is 0. The monoisotopic (exact) mass is 318 g/mol. The predicted octanol–water partition coefficient (Wildman–Crippen LogP) is 4.75. The maximum Gasteiger partial charge on any atom is 0.150 e. The summed E-state index contributed by atoms with van der Waals surface area (Å²) in [5.41, 5.74) is 0.314. The van der Waals surface area contributed by atoms with Gasteiger partial charge in [-0.15, -0.1) is 0 Å². The number of phenolic OH excluding ortho intramolecular Hbond substituents is 1. The lowest BCUT2D eigenvalue weighted by Crippen LogP contribution is -1.88. The van der Waals surface area contributed by atoms with E-state index in [0.29, 0.717) is 4.47 Å². The molecule has 0 saturated heterocycles. The van der Waals surface area contributed by atoms with Crippen LogP contribution in [0.15, 0.2) is 34.8 Å². The molecule has 0 bridgehead atoms. The summed E-state index contributed by atoms with van der Waals surface area (Å²) >= 11 is 8.83. The standard InChI is InChI=1S/C12H6BrClF2O/c13-9-4-3-8(12(16)11(9)14)7-2-1-6(15)5-10(7)17/h1-5,17H. The van der Waals surface area contributed by atoms with E-state index < -0.39 is 11.6 Å². The quantitative estimate of drug-likeness (QED) is 0.752. The van der Waals surface area contributed by atoms with Crippen LogP contribution >= 0.6 is 27.5 Å². The largest absolute Gasteiger partial charge is 0.507 e. The highest BCUT2D eigenvalue weighted by atomic mass is 79.9. The number of rotatable bonds is 1. The molecule has 88 valence electrons. The van der Waals surface area contributed by atoms with Crippen LogP contribution in [0.2, 0.25) is 5.02 Å². The highest BCUT2D eigenvalue weighted by Crippen LogP contribution is 2.36. The van der Waals surface area contributed by atoms with Crippen LogP contribution in [0.25, 0.3) is 11.1 Å². The molecule has 0 unspecified atom stereocenters. The van der Waals surface area contributed by atoms with Gasteiger partial charge in [0.15, 0.2) is 5.82 Å². The molecule has 1 nitrogen and oxygen atoms in total. The predicted molar refractivity (Wildman–Crippen MR) is 66.2 cm³/mol. The first kappa shape index (κ1) is 12.3. The zero-order valence-corrected chi connectivity index (χ0v) is 10.7. The number of hydrogen-bond donors (Lipinski definition) is 1. The second-order valence-electron chi connectivity index (χ2n) is 3.38. The molecule has 0 atom stereocenters. The number of phenols is 1. The van der Waals surface area contributed by atoms with Gasteiger partial charge in [-0.05, 0) is 34.1 Å². The summed E-state index contributed by atoms with van der Waals surface area (Å²) < 4.78 is 27.1. The minimum Gasteiger partial charge on any atom is -0.507 e. The SMILES string of the molecule is Oc1cc(F)ccc1-c1ccc(Br)c(Cl)c1F. The Morgan fingerprint density at radius 2 is 1.71 bits per heavy atom. The smallest absolute Gasteiger partial charge is 0.150 e. The van der Waals surface area contributed by atoms with E-state index in [-0.39, 0.29) is 21.9 Å². The molecule has 1 N–H and O–H groups in total. The van der Waals surface area contributed by atoms with E-state index in [1.165, 1.54) is 12.1 Å². The molecular weight excluding hydrogens is 313 g/mol. The first-order valence-electron chi connectivity index (χ1n) is 4.63.